The predicted molar refractivity (Wildman–Crippen MR) is 54.2 cm³/mol. The molecule has 0 aromatic carbocycles. The fourth-order valence-corrected chi connectivity index (χ4v) is 7.44. The molecule has 0 N–H and O–H groups in total. The van der Waals surface area contributed by atoms with Gasteiger partial charge < -0.3 is 0 Å². The molecule has 0 aromatic rings. The normalized spacial score (nSPS) is 24.7. The number of morpholine rings is 1. The van der Waals surface area contributed by atoms with Crippen LogP contribution in [0, 0.1) is 0 Å². The second-order valence-corrected chi connectivity index (χ2v) is 10.9. The molecule has 2 unspecified atom stereocenters. The molecule has 0 bridgehead atoms. The van der Waals surface area contributed by atoms with E-state index >= 15 is 0 Å². The van der Waals surface area contributed by atoms with E-state index in [1.54, 1.807) is 11.9 Å². The van der Waals surface area contributed by atoms with E-state index in [1.165, 1.54) is 6.92 Å². The number of carbonyl (C=O) groups excluding carboxylic acids is 2. The molecular formula is C10H14F3HgNO4. The zero-order chi connectivity index (χ0) is 14.6. The molecular weight excluding hydrogens is 456 g/mol. The van der Waals surface area contributed by atoms with Crippen molar-refractivity contribution in [3.63, 3.8) is 0 Å². The Balaban J connectivity index is 2.44. The first-order valence-electron chi connectivity index (χ1n) is 5.79. The molecule has 0 aromatic heterocycles. The number of Topliss-reactive ketones (excluding diaryl/α,β-unsaturated/α-hetero) is 1. The Morgan fingerprint density at radius 1 is 1.42 bits per heavy atom. The van der Waals surface area contributed by atoms with Crippen molar-refractivity contribution in [3.8, 4) is 0 Å². The Hall–Kier alpha value is -0.215. The summed E-state index contributed by atoms with van der Waals surface area (Å²) in [5.74, 6) is -0.0539. The molecule has 1 aliphatic heterocycles. The van der Waals surface area contributed by atoms with Crippen molar-refractivity contribution >= 4 is 9.26 Å². The molecule has 19 heavy (non-hydrogen) atoms. The van der Waals surface area contributed by atoms with Crippen LogP contribution < -0.4 is 0 Å². The van der Waals surface area contributed by atoms with Crippen LogP contribution in [0.25, 0.3) is 0 Å². The van der Waals surface area contributed by atoms with E-state index in [1.807, 2.05) is 0 Å². The number of hydrogen-bond acceptors (Lipinski definition) is 5. The quantitative estimate of drug-likeness (QED) is 0.583. The van der Waals surface area contributed by atoms with Gasteiger partial charge in [-0.15, -0.1) is 0 Å². The van der Waals surface area contributed by atoms with Gasteiger partial charge >= 0.3 is 121 Å². The molecule has 9 heteroatoms. The van der Waals surface area contributed by atoms with Crippen molar-refractivity contribution in [1.29, 1.82) is 0 Å². The van der Waals surface area contributed by atoms with Crippen LogP contribution in [0.4, 0.5) is 18.0 Å². The number of hydrogen-bond donors (Lipinski definition) is 0. The molecule has 1 heterocycles. The van der Waals surface area contributed by atoms with Gasteiger partial charge in [0.15, 0.2) is 0 Å². The van der Waals surface area contributed by atoms with Gasteiger partial charge in [-0.3, -0.25) is 0 Å². The summed E-state index contributed by atoms with van der Waals surface area (Å²) in [5, 5.41) is 0. The third-order valence-electron chi connectivity index (χ3n) is 3.03. The topological polar surface area (TPSA) is 55.8 Å². The number of ether oxygens (including phenoxy) is 2. The van der Waals surface area contributed by atoms with Gasteiger partial charge in [0.2, 0.25) is 0 Å². The SMILES string of the molecule is CC(=O)C1COCC([CH2][Hg][C](=O)OC(F)(F)F)N1C. The second-order valence-electron chi connectivity index (χ2n) is 4.44. The summed E-state index contributed by atoms with van der Waals surface area (Å²) in [5.41, 5.74) is 0. The Morgan fingerprint density at radius 3 is 2.58 bits per heavy atom. The third-order valence-corrected chi connectivity index (χ3v) is 8.90. The summed E-state index contributed by atoms with van der Waals surface area (Å²) in [6, 6.07) is -0.559. The summed E-state index contributed by atoms with van der Waals surface area (Å²) >= 11 is -2.47. The molecule has 0 aliphatic carbocycles. The second kappa shape index (κ2) is 6.98. The molecule has 0 saturated carbocycles. The Kier molecular flexibility index (Phi) is 6.19. The van der Waals surface area contributed by atoms with Gasteiger partial charge in [-0.2, -0.15) is 0 Å². The van der Waals surface area contributed by atoms with Crippen LogP contribution in [-0.2, 0) is 38.8 Å². The fourth-order valence-electron chi connectivity index (χ4n) is 1.96. The minimum atomic E-state index is -4.89. The molecule has 1 aliphatic rings. The first-order valence-corrected chi connectivity index (χ1v) is 12.4. The zero-order valence-corrected chi connectivity index (χ0v) is 16.2. The van der Waals surface area contributed by atoms with Gasteiger partial charge in [0.25, 0.3) is 0 Å². The van der Waals surface area contributed by atoms with Gasteiger partial charge in [0.05, 0.1) is 0 Å². The summed E-state index contributed by atoms with van der Waals surface area (Å²) in [4.78, 5) is 24.2. The average Bonchev–Trinajstić information content (AvgIpc) is 2.24. The van der Waals surface area contributed by atoms with E-state index in [4.69, 9.17) is 4.74 Å². The van der Waals surface area contributed by atoms with Crippen LogP contribution in [0.3, 0.4) is 0 Å². The number of rotatable bonds is 4. The van der Waals surface area contributed by atoms with E-state index in [9.17, 15) is 22.8 Å². The zero-order valence-electron chi connectivity index (χ0n) is 10.7. The molecule has 0 radical (unpaired) electrons. The number of carbonyl (C=O) groups is 2. The van der Waals surface area contributed by atoms with E-state index < -0.39 is 34.4 Å². The summed E-state index contributed by atoms with van der Waals surface area (Å²) in [6.07, 6.45) is -4.89. The molecule has 5 nitrogen and oxygen atoms in total. The number of likely N-dealkylation sites (N-methyl/N-ethyl adjacent to an activating group) is 1. The molecule has 0 amide bonds. The number of nitrogens with zero attached hydrogens (tertiary/aromatic N) is 1. The van der Waals surface area contributed by atoms with E-state index in [0.29, 0.717) is 10.5 Å². The molecule has 0 spiro atoms. The predicted octanol–water partition coefficient (Wildman–Crippen LogP) is 1.43. The van der Waals surface area contributed by atoms with Crippen LogP contribution in [0.5, 0.6) is 0 Å². The molecule has 1 saturated heterocycles. The van der Waals surface area contributed by atoms with Gasteiger partial charge in [-0.25, -0.2) is 0 Å². The van der Waals surface area contributed by atoms with Gasteiger partial charge in [0, 0.05) is 0 Å². The van der Waals surface area contributed by atoms with Crippen molar-refractivity contribution in [2.75, 3.05) is 20.3 Å². The van der Waals surface area contributed by atoms with Crippen LogP contribution in [-0.4, -0.2) is 52.9 Å². The van der Waals surface area contributed by atoms with Crippen LogP contribution in [0.2, 0.25) is 3.93 Å². The van der Waals surface area contributed by atoms with Crippen molar-refractivity contribution in [3.05, 3.63) is 0 Å². The minimum absolute atomic E-state index is 0.0539. The number of alkyl halides is 3. The Bertz CT molecular complexity index is 350. The van der Waals surface area contributed by atoms with E-state index in [2.05, 4.69) is 4.74 Å². The van der Waals surface area contributed by atoms with Crippen molar-refractivity contribution in [2.45, 2.75) is 29.3 Å². The molecule has 1 rings (SSSR count). The number of ketones is 1. The fraction of sp³-hybridized carbons (Fsp3) is 0.800. The molecule has 2 atom stereocenters. The average molecular weight is 470 g/mol. The monoisotopic (exact) mass is 471 g/mol. The van der Waals surface area contributed by atoms with E-state index in [0.717, 1.165) is 0 Å². The van der Waals surface area contributed by atoms with Crippen molar-refractivity contribution < 1.29 is 56.8 Å². The summed E-state index contributed by atoms with van der Waals surface area (Å²) < 4.78 is 43.4. The maximum absolute atomic E-state index is 11.8. The van der Waals surface area contributed by atoms with Crippen LogP contribution in [0.1, 0.15) is 6.92 Å². The third kappa shape index (κ3) is 5.74. The Labute approximate surface area is 120 Å². The first-order chi connectivity index (χ1) is 8.70. The van der Waals surface area contributed by atoms with Gasteiger partial charge in [-0.05, 0) is 0 Å². The van der Waals surface area contributed by atoms with Crippen LogP contribution in [0.15, 0.2) is 0 Å². The summed E-state index contributed by atoms with van der Waals surface area (Å²) in [6.45, 7) is 2.06. The van der Waals surface area contributed by atoms with E-state index in [-0.39, 0.29) is 24.5 Å². The maximum atomic E-state index is 11.8. The van der Waals surface area contributed by atoms with Crippen LogP contribution >= 0.6 is 0 Å². The number of halogens is 3. The van der Waals surface area contributed by atoms with Crippen molar-refractivity contribution in [1.82, 2.24) is 4.90 Å². The van der Waals surface area contributed by atoms with Crippen molar-refractivity contribution in [2.24, 2.45) is 0 Å². The molecule has 106 valence electrons. The van der Waals surface area contributed by atoms with Gasteiger partial charge in [0.1, 0.15) is 0 Å². The first kappa shape index (κ1) is 16.8. The van der Waals surface area contributed by atoms with Gasteiger partial charge in [-0.1, -0.05) is 0 Å². The standard InChI is InChI=1S/C8H14NO2.C2F3O2.Hg/c1-6-4-11-5-8(7(2)10)9(6)3;3-2(4,5)7-1-6;/h6,8H,1,4-5H2,2-3H3;;. The Morgan fingerprint density at radius 2 is 2.05 bits per heavy atom. The molecule has 1 fully saturated rings. The summed E-state index contributed by atoms with van der Waals surface area (Å²) in [7, 11) is 1.72.